The Bertz CT molecular complexity index is 1540. The van der Waals surface area contributed by atoms with E-state index in [0.717, 1.165) is 22.4 Å². The van der Waals surface area contributed by atoms with Crippen molar-refractivity contribution in [2.45, 2.75) is 23.3 Å². The van der Waals surface area contributed by atoms with Gasteiger partial charge in [0.15, 0.2) is 11.4 Å². The van der Waals surface area contributed by atoms with Crippen LogP contribution in [0.2, 0.25) is 0 Å². The van der Waals surface area contributed by atoms with E-state index in [4.69, 9.17) is 9.47 Å². The zero-order valence-electron chi connectivity index (χ0n) is 24.7. The van der Waals surface area contributed by atoms with E-state index in [0.29, 0.717) is 0 Å². The van der Waals surface area contributed by atoms with Gasteiger partial charge in [-0.25, -0.2) is 0 Å². The second-order valence-electron chi connectivity index (χ2n) is 10.9. The van der Waals surface area contributed by atoms with E-state index in [-0.39, 0.29) is 11.8 Å². The Morgan fingerprint density at radius 3 is 1.33 bits per heavy atom. The molecule has 43 heavy (non-hydrogen) atoms. The topological polar surface area (TPSA) is 21.7 Å². The molecule has 0 amide bonds. The monoisotopic (exact) mass is 563 g/mol. The normalized spacial score (nSPS) is 24.1. The van der Waals surface area contributed by atoms with Gasteiger partial charge < -0.3 is 14.4 Å². The highest BCUT2D eigenvalue weighted by atomic mass is 16.5. The van der Waals surface area contributed by atoms with Crippen LogP contribution in [0.1, 0.15) is 28.5 Å². The summed E-state index contributed by atoms with van der Waals surface area (Å²) in [7, 11) is 3.51. The fourth-order valence-electron chi connectivity index (χ4n) is 6.04. The van der Waals surface area contributed by atoms with Gasteiger partial charge >= 0.3 is 0 Å². The average molecular weight is 564 g/mol. The lowest BCUT2D eigenvalue weighted by Crippen LogP contribution is -2.61. The lowest BCUT2D eigenvalue weighted by molar-refractivity contribution is -0.0104. The van der Waals surface area contributed by atoms with E-state index in [1.54, 1.807) is 14.2 Å². The van der Waals surface area contributed by atoms with Crippen molar-refractivity contribution in [3.05, 3.63) is 181 Å². The van der Waals surface area contributed by atoms with E-state index in [1.165, 1.54) is 11.1 Å². The first kappa shape index (κ1) is 28.4. The molecular formula is C40H37NO2. The highest BCUT2D eigenvalue weighted by Crippen LogP contribution is 2.43. The fourth-order valence-corrected chi connectivity index (χ4v) is 6.04. The molecule has 0 spiro atoms. The second kappa shape index (κ2) is 12.3. The third kappa shape index (κ3) is 5.58. The van der Waals surface area contributed by atoms with E-state index in [1.807, 2.05) is 18.2 Å². The van der Waals surface area contributed by atoms with Gasteiger partial charge in [-0.05, 0) is 64.3 Å². The molecular weight excluding hydrogens is 526 g/mol. The molecule has 0 bridgehead atoms. The van der Waals surface area contributed by atoms with Gasteiger partial charge in [0.25, 0.3) is 0 Å². The van der Waals surface area contributed by atoms with Crippen molar-refractivity contribution in [1.29, 1.82) is 0 Å². The number of rotatable bonds is 9. The van der Waals surface area contributed by atoms with Crippen molar-refractivity contribution >= 4 is 11.8 Å². The molecule has 214 valence electrons. The van der Waals surface area contributed by atoms with Crippen LogP contribution in [0.4, 0.5) is 5.69 Å². The van der Waals surface area contributed by atoms with E-state index < -0.39 is 11.4 Å². The number of methoxy groups -OCH3 is 2. The molecule has 0 saturated heterocycles. The first-order valence-corrected chi connectivity index (χ1v) is 14.7. The quantitative estimate of drug-likeness (QED) is 0.150. The van der Waals surface area contributed by atoms with Gasteiger partial charge in [-0.1, -0.05) is 134 Å². The second-order valence-corrected chi connectivity index (χ2v) is 10.9. The predicted octanol–water partition coefficient (Wildman–Crippen LogP) is 9.31. The summed E-state index contributed by atoms with van der Waals surface area (Å²) in [6.07, 6.45) is 19.3. The van der Waals surface area contributed by atoms with Gasteiger partial charge in [0.05, 0.1) is 0 Å². The SMILES string of the molecule is C=Cc1ccc(-c2ccc(N(C3(OC)C=CC(c4ccccc4)C=C3)C3(OC)C=CC(c4ccccc4)C=C3)cc2)cc1. The van der Waals surface area contributed by atoms with Crippen LogP contribution in [0.5, 0.6) is 0 Å². The Hall–Kier alpha value is -4.70. The summed E-state index contributed by atoms with van der Waals surface area (Å²) in [4.78, 5) is 2.22. The average Bonchev–Trinajstić information content (AvgIpc) is 3.10. The zero-order chi connectivity index (χ0) is 29.7. The van der Waals surface area contributed by atoms with E-state index in [9.17, 15) is 0 Å². The van der Waals surface area contributed by atoms with Crippen LogP contribution in [0.3, 0.4) is 0 Å². The molecule has 4 aromatic rings. The van der Waals surface area contributed by atoms with Crippen molar-refractivity contribution in [2.24, 2.45) is 0 Å². The Morgan fingerprint density at radius 1 is 0.558 bits per heavy atom. The minimum atomic E-state index is -0.900. The van der Waals surface area contributed by atoms with Crippen LogP contribution in [0.25, 0.3) is 17.2 Å². The van der Waals surface area contributed by atoms with Crippen molar-refractivity contribution in [1.82, 2.24) is 0 Å². The van der Waals surface area contributed by atoms with Crippen LogP contribution in [-0.4, -0.2) is 25.7 Å². The van der Waals surface area contributed by atoms with Gasteiger partial charge in [0, 0.05) is 31.7 Å². The number of allylic oxidation sites excluding steroid dienone is 4. The third-order valence-corrected chi connectivity index (χ3v) is 8.50. The smallest absolute Gasteiger partial charge is 0.182 e. The molecule has 2 aliphatic rings. The molecule has 0 N–H and O–H groups in total. The van der Waals surface area contributed by atoms with Crippen LogP contribution >= 0.6 is 0 Å². The molecule has 2 aliphatic carbocycles. The minimum Gasteiger partial charge on any atom is -0.351 e. The van der Waals surface area contributed by atoms with Crippen molar-refractivity contribution in [3.63, 3.8) is 0 Å². The Kier molecular flexibility index (Phi) is 8.11. The maximum atomic E-state index is 6.41. The maximum absolute atomic E-state index is 6.41. The first-order valence-electron chi connectivity index (χ1n) is 14.7. The number of ether oxygens (including phenoxy) is 2. The highest BCUT2D eigenvalue weighted by molar-refractivity contribution is 5.69. The third-order valence-electron chi connectivity index (χ3n) is 8.50. The summed E-state index contributed by atoms with van der Waals surface area (Å²) < 4.78 is 12.8. The van der Waals surface area contributed by atoms with Gasteiger partial charge in [-0.15, -0.1) is 0 Å². The summed E-state index contributed by atoms with van der Waals surface area (Å²) in [5.74, 6) is 0.316. The minimum absolute atomic E-state index is 0.158. The number of hydrogen-bond donors (Lipinski definition) is 0. The molecule has 0 radical (unpaired) electrons. The molecule has 4 aromatic carbocycles. The molecule has 0 fully saturated rings. The highest BCUT2D eigenvalue weighted by Gasteiger charge is 2.46. The summed E-state index contributed by atoms with van der Waals surface area (Å²) in [5.41, 5.74) is 5.03. The molecule has 3 heteroatoms. The largest absolute Gasteiger partial charge is 0.351 e. The first-order chi connectivity index (χ1) is 21.1. The molecule has 6 rings (SSSR count). The van der Waals surface area contributed by atoms with Crippen molar-refractivity contribution in [3.8, 4) is 11.1 Å². The Morgan fingerprint density at radius 2 is 0.953 bits per heavy atom. The van der Waals surface area contributed by atoms with Crippen LogP contribution in [0.15, 0.2) is 164 Å². The van der Waals surface area contributed by atoms with Gasteiger partial charge in [-0.3, -0.25) is 0 Å². The fraction of sp³-hybridized carbons (Fsp3) is 0.150. The summed E-state index contributed by atoms with van der Waals surface area (Å²) in [6, 6.07) is 38.1. The molecule has 0 aliphatic heterocycles. The lowest BCUT2D eigenvalue weighted by atomic mass is 9.87. The van der Waals surface area contributed by atoms with Crippen LogP contribution < -0.4 is 4.90 Å². The lowest BCUT2D eigenvalue weighted by Gasteiger charge is -2.51. The standard InChI is InChI=1S/C40H37NO2/c1-4-31-15-17-34(18-16-31)35-19-21-38(22-20-35)41(39(42-2)27-23-36(24-28-39)32-11-7-5-8-12-32)40(43-3)29-25-37(26-30-40)33-13-9-6-10-14-33/h4-30,36-37H,1H2,2-3H3. The maximum Gasteiger partial charge on any atom is 0.182 e. The number of nitrogens with zero attached hydrogens (tertiary/aromatic N) is 1. The van der Waals surface area contributed by atoms with Crippen molar-refractivity contribution < 1.29 is 9.47 Å². The Labute approximate surface area is 255 Å². The zero-order valence-corrected chi connectivity index (χ0v) is 24.7. The van der Waals surface area contributed by atoms with Crippen LogP contribution in [0, 0.1) is 0 Å². The molecule has 0 aromatic heterocycles. The summed E-state index contributed by atoms with van der Waals surface area (Å²) in [5, 5.41) is 0. The number of anilines is 1. The molecule has 0 atom stereocenters. The summed E-state index contributed by atoms with van der Waals surface area (Å²) in [6.45, 7) is 3.87. The summed E-state index contributed by atoms with van der Waals surface area (Å²) >= 11 is 0. The number of benzene rings is 4. The van der Waals surface area contributed by atoms with E-state index in [2.05, 4.69) is 157 Å². The molecule has 0 unspecified atom stereocenters. The molecule has 0 heterocycles. The van der Waals surface area contributed by atoms with Gasteiger partial charge in [-0.2, -0.15) is 0 Å². The Balaban J connectivity index is 1.41. The van der Waals surface area contributed by atoms with Crippen molar-refractivity contribution in [2.75, 3.05) is 19.1 Å². The molecule has 3 nitrogen and oxygen atoms in total. The van der Waals surface area contributed by atoms with Gasteiger partial charge in [0.1, 0.15) is 0 Å². The van der Waals surface area contributed by atoms with Crippen LogP contribution in [-0.2, 0) is 9.47 Å². The van der Waals surface area contributed by atoms with Gasteiger partial charge in [0.2, 0.25) is 0 Å². The molecule has 0 saturated carbocycles. The number of hydrogen-bond acceptors (Lipinski definition) is 3. The van der Waals surface area contributed by atoms with E-state index >= 15 is 0 Å². The predicted molar refractivity (Wildman–Crippen MR) is 179 cm³/mol.